The molecule has 1 aliphatic carbocycles. The molecule has 3 fully saturated rings. The molecule has 0 radical (unpaired) electrons. The van der Waals surface area contributed by atoms with E-state index in [0.717, 1.165) is 35.9 Å². The lowest BCUT2D eigenvalue weighted by atomic mass is 9.89. The van der Waals surface area contributed by atoms with Crippen molar-refractivity contribution in [2.45, 2.75) is 63.4 Å². The molecule has 0 N–H and O–H groups in total. The first-order chi connectivity index (χ1) is 19.0. The van der Waals surface area contributed by atoms with Crippen molar-refractivity contribution in [3.63, 3.8) is 0 Å². The average molecular weight is 534 g/mol. The SMILES string of the molecule is Cc1nc2cc([C@H]3CCO[C@@H](c4cnn(C5CC5)c4)C3)nc(-c3ccc(F)cc3F)c2nc1COC1COC1. The Labute approximate surface area is 224 Å². The highest BCUT2D eigenvalue weighted by Crippen LogP contribution is 2.40. The predicted octanol–water partition coefficient (Wildman–Crippen LogP) is 5.36. The first-order valence-electron chi connectivity index (χ1n) is 13.5. The van der Waals surface area contributed by atoms with E-state index in [0.29, 0.717) is 48.3 Å². The zero-order valence-electron chi connectivity index (χ0n) is 21.6. The maximum atomic E-state index is 15.1. The van der Waals surface area contributed by atoms with Crippen LogP contribution in [0.5, 0.6) is 0 Å². The van der Waals surface area contributed by atoms with Crippen molar-refractivity contribution in [2.75, 3.05) is 19.8 Å². The Balaban J connectivity index is 1.26. The van der Waals surface area contributed by atoms with E-state index in [1.54, 1.807) is 0 Å². The van der Waals surface area contributed by atoms with Gasteiger partial charge in [-0.15, -0.1) is 0 Å². The van der Waals surface area contributed by atoms with Crippen LogP contribution in [-0.2, 0) is 20.8 Å². The van der Waals surface area contributed by atoms with Crippen LogP contribution in [0.25, 0.3) is 22.3 Å². The molecule has 3 aromatic heterocycles. The van der Waals surface area contributed by atoms with Gasteiger partial charge in [-0.1, -0.05) is 0 Å². The Morgan fingerprint density at radius 2 is 1.95 bits per heavy atom. The number of rotatable bonds is 7. The molecule has 0 spiro atoms. The first kappa shape index (κ1) is 24.7. The van der Waals surface area contributed by atoms with Gasteiger partial charge in [0.15, 0.2) is 0 Å². The maximum absolute atomic E-state index is 15.1. The minimum atomic E-state index is -0.690. The van der Waals surface area contributed by atoms with Gasteiger partial charge in [0.25, 0.3) is 0 Å². The van der Waals surface area contributed by atoms with Crippen molar-refractivity contribution < 1.29 is 23.0 Å². The Morgan fingerprint density at radius 3 is 2.72 bits per heavy atom. The van der Waals surface area contributed by atoms with Crippen molar-refractivity contribution in [1.29, 1.82) is 0 Å². The molecule has 0 unspecified atom stereocenters. The number of fused-ring (bicyclic) bond motifs is 1. The average Bonchev–Trinajstić information content (AvgIpc) is 3.64. The van der Waals surface area contributed by atoms with Gasteiger partial charge in [0.05, 0.1) is 55.1 Å². The molecule has 10 heteroatoms. The van der Waals surface area contributed by atoms with E-state index in [4.69, 9.17) is 29.2 Å². The van der Waals surface area contributed by atoms with Gasteiger partial charge in [-0.3, -0.25) is 4.68 Å². The number of halogens is 2. The molecule has 3 aliphatic rings. The largest absolute Gasteiger partial charge is 0.376 e. The number of benzene rings is 1. The first-order valence-corrected chi connectivity index (χ1v) is 13.5. The van der Waals surface area contributed by atoms with Crippen LogP contribution in [0.1, 0.15) is 66.4 Å². The summed E-state index contributed by atoms with van der Waals surface area (Å²) in [5, 5.41) is 4.53. The van der Waals surface area contributed by atoms with Crippen LogP contribution in [0.4, 0.5) is 8.78 Å². The molecule has 39 heavy (non-hydrogen) atoms. The summed E-state index contributed by atoms with van der Waals surface area (Å²) in [6.07, 6.45) is 7.77. The molecule has 2 saturated heterocycles. The van der Waals surface area contributed by atoms with Crippen LogP contribution in [0.15, 0.2) is 36.7 Å². The van der Waals surface area contributed by atoms with Crippen molar-refractivity contribution in [3.8, 4) is 11.3 Å². The third kappa shape index (κ3) is 4.92. The van der Waals surface area contributed by atoms with Gasteiger partial charge in [-0.25, -0.2) is 23.7 Å². The molecule has 1 saturated carbocycles. The monoisotopic (exact) mass is 533 g/mol. The van der Waals surface area contributed by atoms with Gasteiger partial charge in [0.2, 0.25) is 0 Å². The Kier molecular flexibility index (Phi) is 6.33. The van der Waals surface area contributed by atoms with E-state index in [1.165, 1.54) is 25.0 Å². The molecule has 8 nitrogen and oxygen atoms in total. The Bertz CT molecular complexity index is 1540. The van der Waals surface area contributed by atoms with Crippen molar-refractivity contribution in [2.24, 2.45) is 0 Å². The fourth-order valence-electron chi connectivity index (χ4n) is 5.28. The molecule has 4 aromatic rings. The molecule has 1 aromatic carbocycles. The van der Waals surface area contributed by atoms with Gasteiger partial charge in [0.1, 0.15) is 28.9 Å². The third-order valence-corrected chi connectivity index (χ3v) is 7.81. The lowest BCUT2D eigenvalue weighted by Crippen LogP contribution is -2.36. The lowest BCUT2D eigenvalue weighted by molar-refractivity contribution is -0.136. The molecular weight excluding hydrogens is 504 g/mol. The smallest absolute Gasteiger partial charge is 0.135 e. The highest BCUT2D eigenvalue weighted by atomic mass is 19.1. The summed E-state index contributed by atoms with van der Waals surface area (Å²) < 4.78 is 48.1. The minimum Gasteiger partial charge on any atom is -0.376 e. The summed E-state index contributed by atoms with van der Waals surface area (Å²) in [7, 11) is 0. The normalized spacial score (nSPS) is 21.8. The Morgan fingerprint density at radius 1 is 1.08 bits per heavy atom. The molecule has 2 atom stereocenters. The zero-order valence-corrected chi connectivity index (χ0v) is 21.6. The topological polar surface area (TPSA) is 84.2 Å². The van der Waals surface area contributed by atoms with E-state index < -0.39 is 11.6 Å². The van der Waals surface area contributed by atoms with Crippen LogP contribution >= 0.6 is 0 Å². The molecule has 5 heterocycles. The maximum Gasteiger partial charge on any atom is 0.135 e. The number of pyridine rings is 1. The van der Waals surface area contributed by atoms with E-state index in [2.05, 4.69) is 11.3 Å². The summed E-state index contributed by atoms with van der Waals surface area (Å²) in [4.78, 5) is 14.6. The predicted molar refractivity (Wildman–Crippen MR) is 138 cm³/mol. The Hall–Kier alpha value is -3.34. The van der Waals surface area contributed by atoms with Crippen LogP contribution in [0.2, 0.25) is 0 Å². The fourth-order valence-corrected chi connectivity index (χ4v) is 5.28. The minimum absolute atomic E-state index is 0.0364. The molecule has 0 amide bonds. The number of aromatic nitrogens is 5. The van der Waals surface area contributed by atoms with Crippen LogP contribution < -0.4 is 0 Å². The van der Waals surface area contributed by atoms with Gasteiger partial charge in [-0.2, -0.15) is 5.10 Å². The number of aryl methyl sites for hydroxylation is 1. The summed E-state index contributed by atoms with van der Waals surface area (Å²) in [6.45, 7) is 3.86. The van der Waals surface area contributed by atoms with Crippen molar-refractivity contribution in [3.05, 3.63) is 70.9 Å². The van der Waals surface area contributed by atoms with Gasteiger partial charge in [0, 0.05) is 41.6 Å². The second-order valence-corrected chi connectivity index (χ2v) is 10.7. The number of hydrogen-bond donors (Lipinski definition) is 0. The summed E-state index contributed by atoms with van der Waals surface area (Å²) in [5.41, 5.74) is 4.89. The van der Waals surface area contributed by atoms with Gasteiger partial charge in [-0.05, 0) is 50.8 Å². The van der Waals surface area contributed by atoms with Crippen molar-refractivity contribution in [1.82, 2.24) is 24.7 Å². The van der Waals surface area contributed by atoms with Crippen LogP contribution in [0.3, 0.4) is 0 Å². The van der Waals surface area contributed by atoms with Gasteiger partial charge >= 0.3 is 0 Å². The van der Waals surface area contributed by atoms with Crippen molar-refractivity contribution >= 4 is 11.0 Å². The molecular formula is C29H29F2N5O3. The quantitative estimate of drug-likeness (QED) is 0.316. The summed E-state index contributed by atoms with van der Waals surface area (Å²) in [6, 6.07) is 5.99. The molecule has 202 valence electrons. The zero-order chi connectivity index (χ0) is 26.5. The second kappa shape index (κ2) is 10.0. The highest BCUT2D eigenvalue weighted by molar-refractivity contribution is 5.89. The van der Waals surface area contributed by atoms with E-state index >= 15 is 4.39 Å². The number of nitrogens with zero attached hydrogens (tertiary/aromatic N) is 5. The molecule has 7 rings (SSSR count). The van der Waals surface area contributed by atoms with Crippen LogP contribution in [-0.4, -0.2) is 50.7 Å². The summed E-state index contributed by atoms with van der Waals surface area (Å²) >= 11 is 0. The lowest BCUT2D eigenvalue weighted by Gasteiger charge is -2.29. The van der Waals surface area contributed by atoms with E-state index in [9.17, 15) is 4.39 Å². The van der Waals surface area contributed by atoms with Gasteiger partial charge < -0.3 is 14.2 Å². The standard InChI is InChI=1S/C29H29F2N5O3/c1-16-26(15-39-21-13-37-14-21)35-29-25(33-16)10-24(34-28(29)22-5-2-19(30)9-23(22)31)17-6-7-38-27(8-17)18-11-32-36(12-18)20-3-4-20/h2,5,9-12,17,20-21,27H,3-4,6-8,13-15H2,1H3/t17-,27+/m0/s1. The fraction of sp³-hybridized carbons (Fsp3) is 0.448. The molecule has 0 bridgehead atoms. The number of ether oxygens (including phenoxy) is 3. The highest BCUT2D eigenvalue weighted by Gasteiger charge is 2.31. The molecule has 2 aliphatic heterocycles. The van der Waals surface area contributed by atoms with E-state index in [1.807, 2.05) is 23.9 Å². The summed E-state index contributed by atoms with van der Waals surface area (Å²) in [5.74, 6) is -1.26. The second-order valence-electron chi connectivity index (χ2n) is 10.7. The number of hydrogen-bond acceptors (Lipinski definition) is 7. The van der Waals surface area contributed by atoms with E-state index in [-0.39, 0.29) is 30.3 Å². The third-order valence-electron chi connectivity index (χ3n) is 7.81. The van der Waals surface area contributed by atoms with Crippen LogP contribution in [0, 0.1) is 18.6 Å².